The van der Waals surface area contributed by atoms with Crippen LogP contribution in [0, 0.1) is 0 Å². The van der Waals surface area contributed by atoms with Gasteiger partial charge in [-0.2, -0.15) is 0 Å². The number of nitrogens with two attached hydrogens (primary N) is 1. The average molecular weight is 244 g/mol. The molecule has 0 aliphatic rings. The zero-order valence-corrected chi connectivity index (χ0v) is 10.4. The van der Waals surface area contributed by atoms with Crippen LogP contribution in [0.15, 0.2) is 12.3 Å². The molecule has 0 saturated carbocycles. The van der Waals surface area contributed by atoms with E-state index in [0.29, 0.717) is 23.8 Å². The molecular formula is C11H18ClN3O. The topological polar surface area (TPSA) is 60.0 Å². The van der Waals surface area contributed by atoms with Gasteiger partial charge in [-0.15, -0.1) is 0 Å². The molecule has 0 bridgehead atoms. The molecule has 0 spiro atoms. The minimum Gasteiger partial charge on any atom is -0.351 e. The summed E-state index contributed by atoms with van der Waals surface area (Å²) in [5, 5.41) is 3.39. The van der Waals surface area contributed by atoms with Crippen molar-refractivity contribution in [2.45, 2.75) is 26.3 Å². The van der Waals surface area contributed by atoms with Gasteiger partial charge >= 0.3 is 0 Å². The Balaban J connectivity index is 2.74. The van der Waals surface area contributed by atoms with Gasteiger partial charge in [0.1, 0.15) is 5.69 Å². The van der Waals surface area contributed by atoms with Crippen molar-refractivity contribution in [3.63, 3.8) is 0 Å². The van der Waals surface area contributed by atoms with E-state index in [1.165, 1.54) is 0 Å². The fraction of sp³-hybridized carbons (Fsp3) is 0.545. The first kappa shape index (κ1) is 13.1. The molecule has 4 nitrogen and oxygen atoms in total. The maximum absolute atomic E-state index is 11.8. The van der Waals surface area contributed by atoms with Gasteiger partial charge in [0, 0.05) is 18.8 Å². The monoisotopic (exact) mass is 243 g/mol. The first-order chi connectivity index (χ1) is 7.56. The first-order valence-electron chi connectivity index (χ1n) is 5.42. The number of halogens is 1. The van der Waals surface area contributed by atoms with E-state index in [1.807, 2.05) is 18.4 Å². The minimum atomic E-state index is -0.103. The van der Waals surface area contributed by atoms with Gasteiger partial charge in [0.2, 0.25) is 0 Å². The van der Waals surface area contributed by atoms with Gasteiger partial charge in [0.15, 0.2) is 0 Å². The third-order valence-corrected chi connectivity index (χ3v) is 2.48. The second-order valence-corrected chi connectivity index (χ2v) is 4.38. The Bertz CT molecular complexity index is 360. The Labute approximate surface area is 101 Å². The van der Waals surface area contributed by atoms with Crippen molar-refractivity contribution in [3.8, 4) is 0 Å². The maximum atomic E-state index is 11.8. The molecule has 5 heteroatoms. The second kappa shape index (κ2) is 5.92. The number of aromatic nitrogens is 1. The van der Waals surface area contributed by atoms with Crippen molar-refractivity contribution >= 4 is 17.5 Å². The van der Waals surface area contributed by atoms with Gasteiger partial charge in [-0.3, -0.25) is 4.79 Å². The molecule has 16 heavy (non-hydrogen) atoms. The summed E-state index contributed by atoms with van der Waals surface area (Å²) >= 11 is 5.89. The number of carbonyl (C=O) groups is 1. The molecular weight excluding hydrogens is 226 g/mol. The summed E-state index contributed by atoms with van der Waals surface area (Å²) < 4.78 is 1.86. The fourth-order valence-corrected chi connectivity index (χ4v) is 1.66. The Morgan fingerprint density at radius 3 is 2.88 bits per heavy atom. The predicted molar refractivity (Wildman–Crippen MR) is 65.8 cm³/mol. The molecule has 3 N–H and O–H groups in total. The zero-order valence-electron chi connectivity index (χ0n) is 9.66. The van der Waals surface area contributed by atoms with E-state index in [0.717, 1.165) is 6.42 Å². The van der Waals surface area contributed by atoms with Crippen LogP contribution in [0.2, 0.25) is 5.02 Å². The number of hydrogen-bond donors (Lipinski definition) is 2. The molecule has 90 valence electrons. The summed E-state index contributed by atoms with van der Waals surface area (Å²) in [4.78, 5) is 11.8. The second-order valence-electron chi connectivity index (χ2n) is 3.94. The van der Waals surface area contributed by atoms with Crippen molar-refractivity contribution < 1.29 is 4.79 Å². The number of carbonyl (C=O) groups excluding carboxylic acids is 1. The lowest BCUT2D eigenvalue weighted by Gasteiger charge is -2.12. The summed E-state index contributed by atoms with van der Waals surface area (Å²) in [7, 11) is 0. The van der Waals surface area contributed by atoms with Gasteiger partial charge in [-0.1, -0.05) is 11.6 Å². The number of amides is 1. The Hall–Kier alpha value is -1.00. The van der Waals surface area contributed by atoms with Crippen LogP contribution in [0.25, 0.3) is 0 Å². The van der Waals surface area contributed by atoms with Gasteiger partial charge in [-0.25, -0.2) is 0 Å². The van der Waals surface area contributed by atoms with E-state index in [-0.39, 0.29) is 11.9 Å². The minimum absolute atomic E-state index is 0.103. The quantitative estimate of drug-likeness (QED) is 0.775. The van der Waals surface area contributed by atoms with Crippen LogP contribution in [0.5, 0.6) is 0 Å². The summed E-state index contributed by atoms with van der Waals surface area (Å²) in [6, 6.07) is 1.89. The van der Waals surface area contributed by atoms with Crippen LogP contribution in [0.1, 0.15) is 36.8 Å². The van der Waals surface area contributed by atoms with E-state index in [4.69, 9.17) is 17.3 Å². The van der Waals surface area contributed by atoms with Crippen molar-refractivity contribution in [2.75, 3.05) is 13.1 Å². The molecule has 1 amide bonds. The number of nitrogens with zero attached hydrogens (tertiary/aromatic N) is 1. The zero-order chi connectivity index (χ0) is 12.1. The molecule has 0 aliphatic carbocycles. The molecule has 0 fully saturated rings. The first-order valence-corrected chi connectivity index (χ1v) is 5.79. The lowest BCUT2D eigenvalue weighted by Crippen LogP contribution is -2.28. The Morgan fingerprint density at radius 2 is 2.31 bits per heavy atom. The molecule has 0 atom stereocenters. The van der Waals surface area contributed by atoms with Crippen molar-refractivity contribution in [3.05, 3.63) is 23.0 Å². The molecule has 0 aromatic carbocycles. The molecule has 1 heterocycles. The maximum Gasteiger partial charge on any atom is 0.267 e. The highest BCUT2D eigenvalue weighted by atomic mass is 35.5. The largest absolute Gasteiger partial charge is 0.351 e. The molecule has 0 aliphatic heterocycles. The average Bonchev–Trinajstić information content (AvgIpc) is 2.61. The molecule has 1 aromatic heterocycles. The van der Waals surface area contributed by atoms with Crippen molar-refractivity contribution in [2.24, 2.45) is 5.73 Å². The SMILES string of the molecule is CC(C)n1cc(Cl)cc1C(=O)NCCCN. The predicted octanol–water partition coefficient (Wildman–Crippen LogP) is 1.80. The van der Waals surface area contributed by atoms with Gasteiger partial charge in [0.25, 0.3) is 5.91 Å². The van der Waals surface area contributed by atoms with E-state index in [2.05, 4.69) is 5.32 Å². The smallest absolute Gasteiger partial charge is 0.267 e. The normalized spacial score (nSPS) is 10.8. The Morgan fingerprint density at radius 1 is 1.62 bits per heavy atom. The van der Waals surface area contributed by atoms with Gasteiger partial charge in [-0.05, 0) is 32.9 Å². The summed E-state index contributed by atoms with van der Waals surface area (Å²) in [6.45, 7) is 5.18. The lowest BCUT2D eigenvalue weighted by atomic mass is 10.3. The highest BCUT2D eigenvalue weighted by molar-refractivity contribution is 6.31. The van der Waals surface area contributed by atoms with Crippen LogP contribution in [-0.4, -0.2) is 23.6 Å². The van der Waals surface area contributed by atoms with E-state index in [1.54, 1.807) is 12.3 Å². The van der Waals surface area contributed by atoms with Crippen molar-refractivity contribution in [1.82, 2.24) is 9.88 Å². The molecule has 0 saturated heterocycles. The van der Waals surface area contributed by atoms with Crippen LogP contribution >= 0.6 is 11.6 Å². The summed E-state index contributed by atoms with van der Waals surface area (Å²) in [5.41, 5.74) is 5.95. The van der Waals surface area contributed by atoms with Crippen molar-refractivity contribution in [1.29, 1.82) is 0 Å². The van der Waals surface area contributed by atoms with Crippen LogP contribution < -0.4 is 11.1 Å². The standard InChI is InChI=1S/C11H18ClN3O/c1-8(2)15-7-9(12)6-10(15)11(16)14-5-3-4-13/h6-8H,3-5,13H2,1-2H3,(H,14,16). The number of rotatable bonds is 5. The fourth-order valence-electron chi connectivity index (χ4n) is 1.45. The van der Waals surface area contributed by atoms with Gasteiger partial charge < -0.3 is 15.6 Å². The van der Waals surface area contributed by atoms with E-state index >= 15 is 0 Å². The third-order valence-electron chi connectivity index (χ3n) is 2.27. The summed E-state index contributed by atoms with van der Waals surface area (Å²) in [5.74, 6) is -0.103. The van der Waals surface area contributed by atoms with E-state index in [9.17, 15) is 4.79 Å². The van der Waals surface area contributed by atoms with Gasteiger partial charge in [0.05, 0.1) is 5.02 Å². The highest BCUT2D eigenvalue weighted by Crippen LogP contribution is 2.18. The Kier molecular flexibility index (Phi) is 4.83. The van der Waals surface area contributed by atoms with E-state index < -0.39 is 0 Å². The van der Waals surface area contributed by atoms with Crippen LogP contribution in [0.4, 0.5) is 0 Å². The molecule has 0 unspecified atom stereocenters. The third kappa shape index (κ3) is 3.25. The van der Waals surface area contributed by atoms with Crippen LogP contribution in [0.3, 0.4) is 0 Å². The molecule has 1 rings (SSSR count). The molecule has 1 aromatic rings. The molecule has 0 radical (unpaired) electrons. The summed E-state index contributed by atoms with van der Waals surface area (Å²) in [6.07, 6.45) is 2.55. The number of hydrogen-bond acceptors (Lipinski definition) is 2. The highest BCUT2D eigenvalue weighted by Gasteiger charge is 2.14. The number of nitrogens with one attached hydrogen (secondary N) is 1. The van der Waals surface area contributed by atoms with Crippen LogP contribution in [-0.2, 0) is 0 Å². The lowest BCUT2D eigenvalue weighted by molar-refractivity contribution is 0.0942.